The van der Waals surface area contributed by atoms with E-state index in [2.05, 4.69) is 0 Å². The number of nitrogen functional groups attached to an aromatic ring is 1. The van der Waals surface area contributed by atoms with E-state index in [1.807, 2.05) is 0 Å². The lowest BCUT2D eigenvalue weighted by Crippen LogP contribution is -2.07. The first kappa shape index (κ1) is 8.98. The van der Waals surface area contributed by atoms with Gasteiger partial charge in [-0.3, -0.25) is 0 Å². The Morgan fingerprint density at radius 2 is 1.93 bits per heavy atom. The monoisotopic (exact) mass is 205 g/mol. The molecule has 0 fully saturated rings. The lowest BCUT2D eigenvalue weighted by Gasteiger charge is -2.10. The van der Waals surface area contributed by atoms with E-state index in [0.29, 0.717) is 0 Å². The minimum atomic E-state index is -4.48. The van der Waals surface area contributed by atoms with Crippen LogP contribution in [0.15, 0.2) is 12.1 Å². The third-order valence-electron chi connectivity index (χ3n) is 1.80. The number of benzene rings is 1. The second-order valence-electron chi connectivity index (χ2n) is 2.80. The van der Waals surface area contributed by atoms with Gasteiger partial charge in [-0.05, 0) is 6.07 Å². The molecular formula is C8H6F3NO2. The van der Waals surface area contributed by atoms with Crippen LogP contribution in [0.1, 0.15) is 5.56 Å². The largest absolute Gasteiger partial charge is 0.453 e. The number of ether oxygens (including phenoxy) is 2. The Morgan fingerprint density at radius 1 is 1.21 bits per heavy atom. The fourth-order valence-electron chi connectivity index (χ4n) is 1.24. The molecule has 0 saturated carbocycles. The summed E-state index contributed by atoms with van der Waals surface area (Å²) in [6.07, 6.45) is -4.48. The van der Waals surface area contributed by atoms with E-state index in [0.717, 1.165) is 6.07 Å². The molecule has 1 aromatic rings. The number of alkyl halides is 3. The standard InChI is InChI=1S/C8H6F3NO2/c9-8(10,11)5-1-4(12)2-6-7(5)14-3-13-6/h1-2H,3,12H2. The molecule has 0 saturated heterocycles. The first-order chi connectivity index (χ1) is 6.48. The van der Waals surface area contributed by atoms with Gasteiger partial charge in [-0.25, -0.2) is 0 Å². The number of hydrogen-bond donors (Lipinski definition) is 1. The van der Waals surface area contributed by atoms with E-state index < -0.39 is 11.7 Å². The highest BCUT2D eigenvalue weighted by Crippen LogP contribution is 2.45. The maximum absolute atomic E-state index is 12.4. The van der Waals surface area contributed by atoms with E-state index in [1.54, 1.807) is 0 Å². The summed E-state index contributed by atoms with van der Waals surface area (Å²) in [4.78, 5) is 0. The van der Waals surface area contributed by atoms with Crippen molar-refractivity contribution in [1.82, 2.24) is 0 Å². The third-order valence-corrected chi connectivity index (χ3v) is 1.80. The minimum Gasteiger partial charge on any atom is -0.453 e. The van der Waals surface area contributed by atoms with Gasteiger partial charge in [0.05, 0.1) is 0 Å². The molecule has 0 amide bonds. The second kappa shape index (κ2) is 2.70. The van der Waals surface area contributed by atoms with Crippen LogP contribution in [-0.4, -0.2) is 6.79 Å². The van der Waals surface area contributed by atoms with E-state index in [-0.39, 0.29) is 24.0 Å². The van der Waals surface area contributed by atoms with Crippen molar-refractivity contribution in [2.45, 2.75) is 6.18 Å². The normalized spacial score (nSPS) is 14.5. The van der Waals surface area contributed by atoms with Crippen LogP contribution in [0.4, 0.5) is 18.9 Å². The van der Waals surface area contributed by atoms with Gasteiger partial charge in [0.2, 0.25) is 6.79 Å². The van der Waals surface area contributed by atoms with Gasteiger partial charge in [-0.15, -0.1) is 0 Å². The second-order valence-corrected chi connectivity index (χ2v) is 2.80. The number of nitrogens with two attached hydrogens (primary N) is 1. The van der Waals surface area contributed by atoms with Crippen LogP contribution in [0.3, 0.4) is 0 Å². The highest BCUT2D eigenvalue weighted by Gasteiger charge is 2.38. The van der Waals surface area contributed by atoms with Crippen molar-refractivity contribution in [3.05, 3.63) is 17.7 Å². The van der Waals surface area contributed by atoms with E-state index in [9.17, 15) is 13.2 Å². The molecule has 14 heavy (non-hydrogen) atoms. The van der Waals surface area contributed by atoms with Crippen molar-refractivity contribution >= 4 is 5.69 Å². The topological polar surface area (TPSA) is 44.5 Å². The van der Waals surface area contributed by atoms with Gasteiger partial charge >= 0.3 is 6.18 Å². The molecule has 0 radical (unpaired) electrons. The summed E-state index contributed by atoms with van der Waals surface area (Å²) in [6.45, 7) is -0.206. The number of rotatable bonds is 0. The Labute approximate surface area is 77.2 Å². The molecule has 0 unspecified atom stereocenters. The lowest BCUT2D eigenvalue weighted by atomic mass is 10.1. The van der Waals surface area contributed by atoms with Gasteiger partial charge in [-0.2, -0.15) is 13.2 Å². The Balaban J connectivity index is 2.60. The molecule has 0 atom stereocenters. The quantitative estimate of drug-likeness (QED) is 0.659. The molecule has 0 bridgehead atoms. The Morgan fingerprint density at radius 3 is 2.57 bits per heavy atom. The van der Waals surface area contributed by atoms with Gasteiger partial charge in [0.1, 0.15) is 5.56 Å². The highest BCUT2D eigenvalue weighted by atomic mass is 19.4. The zero-order chi connectivity index (χ0) is 10.3. The van der Waals surface area contributed by atoms with E-state index in [1.165, 1.54) is 6.07 Å². The zero-order valence-corrected chi connectivity index (χ0v) is 6.89. The molecule has 1 heterocycles. The number of fused-ring (bicyclic) bond motifs is 1. The van der Waals surface area contributed by atoms with Crippen molar-refractivity contribution < 1.29 is 22.6 Å². The number of anilines is 1. The average Bonchev–Trinajstić information content (AvgIpc) is 2.47. The van der Waals surface area contributed by atoms with Gasteiger partial charge in [-0.1, -0.05) is 0 Å². The number of hydrogen-bond acceptors (Lipinski definition) is 3. The fraction of sp³-hybridized carbons (Fsp3) is 0.250. The summed E-state index contributed by atoms with van der Waals surface area (Å²) in [7, 11) is 0. The molecule has 2 rings (SSSR count). The molecule has 1 aliphatic heterocycles. The van der Waals surface area contributed by atoms with Crippen molar-refractivity contribution in [3.8, 4) is 11.5 Å². The van der Waals surface area contributed by atoms with Crippen LogP contribution >= 0.6 is 0 Å². The molecule has 0 aliphatic carbocycles. The molecule has 1 aromatic carbocycles. The van der Waals surface area contributed by atoms with Gasteiger partial charge in [0, 0.05) is 11.8 Å². The van der Waals surface area contributed by atoms with Crippen LogP contribution < -0.4 is 15.2 Å². The van der Waals surface area contributed by atoms with Crippen LogP contribution in [0.2, 0.25) is 0 Å². The van der Waals surface area contributed by atoms with Crippen molar-refractivity contribution in [1.29, 1.82) is 0 Å². The van der Waals surface area contributed by atoms with Crippen molar-refractivity contribution in [2.75, 3.05) is 12.5 Å². The smallest absolute Gasteiger partial charge is 0.420 e. The molecule has 6 heteroatoms. The Kier molecular flexibility index (Phi) is 1.73. The molecule has 76 valence electrons. The lowest BCUT2D eigenvalue weighted by molar-refractivity contribution is -0.138. The predicted molar refractivity (Wildman–Crippen MR) is 42.0 cm³/mol. The maximum Gasteiger partial charge on any atom is 0.420 e. The molecule has 0 aromatic heterocycles. The Hall–Kier alpha value is -1.59. The summed E-state index contributed by atoms with van der Waals surface area (Å²) in [5.41, 5.74) is 4.40. The molecular weight excluding hydrogens is 199 g/mol. The Bertz CT molecular complexity index is 376. The summed E-state index contributed by atoms with van der Waals surface area (Å²) in [6, 6.07) is 2.13. The van der Waals surface area contributed by atoms with Crippen molar-refractivity contribution in [2.24, 2.45) is 0 Å². The summed E-state index contributed by atoms with van der Waals surface area (Å²) in [5, 5.41) is 0. The zero-order valence-electron chi connectivity index (χ0n) is 6.89. The number of halogens is 3. The summed E-state index contributed by atoms with van der Waals surface area (Å²) in [5.74, 6) is -0.246. The van der Waals surface area contributed by atoms with E-state index in [4.69, 9.17) is 15.2 Å². The highest BCUT2D eigenvalue weighted by molar-refractivity contribution is 5.58. The van der Waals surface area contributed by atoms with Gasteiger partial charge in [0.25, 0.3) is 0 Å². The minimum absolute atomic E-state index is 0.00146. The molecule has 3 nitrogen and oxygen atoms in total. The fourth-order valence-corrected chi connectivity index (χ4v) is 1.24. The summed E-state index contributed by atoms with van der Waals surface area (Å²) >= 11 is 0. The average molecular weight is 205 g/mol. The van der Waals surface area contributed by atoms with Crippen LogP contribution in [-0.2, 0) is 6.18 Å². The first-order valence-corrected chi connectivity index (χ1v) is 3.75. The molecule has 1 aliphatic rings. The van der Waals surface area contributed by atoms with Crippen molar-refractivity contribution in [3.63, 3.8) is 0 Å². The SMILES string of the molecule is Nc1cc2c(c(C(F)(F)F)c1)OCO2. The van der Waals surface area contributed by atoms with Gasteiger partial charge < -0.3 is 15.2 Å². The van der Waals surface area contributed by atoms with Crippen LogP contribution in [0.5, 0.6) is 11.5 Å². The molecule has 0 spiro atoms. The molecule has 2 N–H and O–H groups in total. The van der Waals surface area contributed by atoms with E-state index >= 15 is 0 Å². The van der Waals surface area contributed by atoms with Crippen LogP contribution in [0, 0.1) is 0 Å². The summed E-state index contributed by atoms with van der Waals surface area (Å²) < 4.78 is 46.8. The van der Waals surface area contributed by atoms with Crippen LogP contribution in [0.25, 0.3) is 0 Å². The van der Waals surface area contributed by atoms with Gasteiger partial charge in [0.15, 0.2) is 11.5 Å². The first-order valence-electron chi connectivity index (χ1n) is 3.75. The third kappa shape index (κ3) is 1.32. The maximum atomic E-state index is 12.4. The predicted octanol–water partition coefficient (Wildman–Crippen LogP) is 2.02.